The van der Waals surface area contributed by atoms with Crippen LogP contribution in [0.15, 0.2) is 66.9 Å². The summed E-state index contributed by atoms with van der Waals surface area (Å²) in [5.74, 6) is -0.131. The maximum Gasteiger partial charge on any atom is 0.407 e. The molecule has 1 aromatic heterocycles. The van der Waals surface area contributed by atoms with Crippen molar-refractivity contribution >= 4 is 17.4 Å². The molecule has 35 heavy (non-hydrogen) atoms. The van der Waals surface area contributed by atoms with Crippen LogP contribution in [-0.2, 0) is 24.0 Å². The lowest BCUT2D eigenvalue weighted by Crippen LogP contribution is -2.49. The molecule has 5 nitrogen and oxygen atoms in total. The highest BCUT2D eigenvalue weighted by molar-refractivity contribution is 7.11. The normalized spacial score (nSPS) is 14.2. The van der Waals surface area contributed by atoms with Gasteiger partial charge in [-0.25, -0.2) is 9.78 Å². The van der Waals surface area contributed by atoms with E-state index in [2.05, 4.69) is 41.5 Å². The number of hydrogen-bond acceptors (Lipinski definition) is 5. The molecule has 0 aliphatic carbocycles. The second-order valence-electron chi connectivity index (χ2n) is 9.96. The Morgan fingerprint density at radius 3 is 2.34 bits per heavy atom. The zero-order valence-electron chi connectivity index (χ0n) is 21.2. The van der Waals surface area contributed by atoms with Crippen LogP contribution in [0.3, 0.4) is 0 Å². The highest BCUT2D eigenvalue weighted by atomic mass is 32.1. The topological polar surface area (TPSA) is 71.5 Å². The first kappa shape index (κ1) is 26.9. The van der Waals surface area contributed by atoms with Crippen LogP contribution in [-0.4, -0.2) is 33.9 Å². The molecule has 3 unspecified atom stereocenters. The summed E-state index contributed by atoms with van der Waals surface area (Å²) in [5.41, 5.74) is 1.59. The molecule has 0 fully saturated rings. The molecule has 0 spiro atoms. The maximum atomic E-state index is 12.9. The van der Waals surface area contributed by atoms with Gasteiger partial charge in [-0.05, 0) is 51.2 Å². The first-order valence-electron chi connectivity index (χ1n) is 12.4. The average Bonchev–Trinajstić information content (AvgIpc) is 3.27. The van der Waals surface area contributed by atoms with Gasteiger partial charge in [0.2, 0.25) is 0 Å². The van der Waals surface area contributed by atoms with Crippen molar-refractivity contribution in [1.29, 1.82) is 0 Å². The summed E-state index contributed by atoms with van der Waals surface area (Å²) in [6.45, 7) is 7.68. The van der Waals surface area contributed by atoms with E-state index in [1.54, 1.807) is 11.3 Å². The van der Waals surface area contributed by atoms with Crippen molar-refractivity contribution in [2.45, 2.75) is 83.5 Å². The van der Waals surface area contributed by atoms with E-state index < -0.39 is 23.8 Å². The summed E-state index contributed by atoms with van der Waals surface area (Å²) < 4.78 is 5.58. The summed E-state index contributed by atoms with van der Waals surface area (Å²) in [7, 11) is 0. The summed E-state index contributed by atoms with van der Waals surface area (Å²) in [6.07, 6.45) is 4.60. The molecule has 0 aliphatic heterocycles. The van der Waals surface area contributed by atoms with Gasteiger partial charge in [-0.2, -0.15) is 0 Å². The Morgan fingerprint density at radius 2 is 1.71 bits per heavy atom. The standard InChI is InChI=1S/C29H38N2O3S/c1-5-12-23-20-30-26(35-23)18-17-25(32)27(31-28(33)34-29(2,3)4)24(22-15-10-7-11-16-22)19-21-13-8-6-9-14-21/h6-11,13-16,20,24-25,27,32H,5,12,17-19H2,1-4H3,(H,31,33). The third kappa shape index (κ3) is 8.79. The average molecular weight is 495 g/mol. The van der Waals surface area contributed by atoms with Crippen LogP contribution < -0.4 is 5.32 Å². The molecular weight excluding hydrogens is 456 g/mol. The molecule has 0 saturated heterocycles. The largest absolute Gasteiger partial charge is 0.444 e. The van der Waals surface area contributed by atoms with Crippen molar-refractivity contribution in [1.82, 2.24) is 10.3 Å². The first-order valence-corrected chi connectivity index (χ1v) is 13.3. The third-order valence-corrected chi connectivity index (χ3v) is 6.93. The molecule has 0 saturated carbocycles. The van der Waals surface area contributed by atoms with Crippen molar-refractivity contribution in [3.05, 3.63) is 87.9 Å². The highest BCUT2D eigenvalue weighted by Crippen LogP contribution is 2.29. The predicted octanol–water partition coefficient (Wildman–Crippen LogP) is 6.31. The van der Waals surface area contributed by atoms with Crippen LogP contribution in [0.2, 0.25) is 0 Å². The fraction of sp³-hybridized carbons (Fsp3) is 0.448. The van der Waals surface area contributed by atoms with Crippen LogP contribution in [0.25, 0.3) is 0 Å². The fourth-order valence-corrected chi connectivity index (χ4v) is 5.25. The van der Waals surface area contributed by atoms with Gasteiger partial charge in [0, 0.05) is 23.4 Å². The number of carbonyl (C=O) groups excluding carboxylic acids is 1. The first-order chi connectivity index (χ1) is 16.7. The number of aryl methyl sites for hydroxylation is 2. The van der Waals surface area contributed by atoms with Crippen LogP contribution in [0.1, 0.15) is 67.5 Å². The van der Waals surface area contributed by atoms with Gasteiger partial charge in [0.15, 0.2) is 0 Å². The summed E-state index contributed by atoms with van der Waals surface area (Å²) in [6, 6.07) is 19.7. The second kappa shape index (κ2) is 12.8. The highest BCUT2D eigenvalue weighted by Gasteiger charge is 2.32. The fourth-order valence-electron chi connectivity index (χ4n) is 4.21. The molecule has 1 heterocycles. The quantitative estimate of drug-likeness (QED) is 0.328. The van der Waals surface area contributed by atoms with Crippen LogP contribution >= 0.6 is 11.3 Å². The smallest absolute Gasteiger partial charge is 0.407 e. The number of benzene rings is 2. The number of rotatable bonds is 11. The molecule has 3 aromatic rings. The lowest BCUT2D eigenvalue weighted by atomic mass is 9.82. The number of aromatic nitrogens is 1. The molecule has 1 amide bonds. The summed E-state index contributed by atoms with van der Waals surface area (Å²) in [5, 5.41) is 15.5. The van der Waals surface area contributed by atoms with E-state index in [-0.39, 0.29) is 5.92 Å². The van der Waals surface area contributed by atoms with E-state index in [1.807, 2.05) is 63.4 Å². The van der Waals surface area contributed by atoms with Crippen molar-refractivity contribution in [3.63, 3.8) is 0 Å². The van der Waals surface area contributed by atoms with Crippen LogP contribution in [0.5, 0.6) is 0 Å². The summed E-state index contributed by atoms with van der Waals surface area (Å²) >= 11 is 1.71. The zero-order chi connectivity index (χ0) is 25.3. The molecule has 188 valence electrons. The number of aliphatic hydroxyl groups excluding tert-OH is 1. The van der Waals surface area contributed by atoms with Crippen LogP contribution in [0, 0.1) is 0 Å². The molecular formula is C29H38N2O3S. The van der Waals surface area contributed by atoms with Crippen molar-refractivity contribution in [2.75, 3.05) is 0 Å². The van der Waals surface area contributed by atoms with Crippen molar-refractivity contribution in [3.8, 4) is 0 Å². The number of amides is 1. The molecule has 0 aliphatic rings. The number of alkyl carbamates (subject to hydrolysis) is 1. The zero-order valence-corrected chi connectivity index (χ0v) is 22.1. The number of nitrogens with one attached hydrogen (secondary N) is 1. The van der Waals surface area contributed by atoms with E-state index in [0.717, 1.165) is 29.0 Å². The SMILES string of the molecule is CCCc1cnc(CCC(O)C(NC(=O)OC(C)(C)C)C(Cc2ccccc2)c2ccccc2)s1. The van der Waals surface area contributed by atoms with E-state index in [4.69, 9.17) is 4.74 Å². The third-order valence-electron chi connectivity index (χ3n) is 5.81. The van der Waals surface area contributed by atoms with Gasteiger partial charge >= 0.3 is 6.09 Å². The summed E-state index contributed by atoms with van der Waals surface area (Å²) in [4.78, 5) is 18.7. The lowest BCUT2D eigenvalue weighted by molar-refractivity contribution is 0.0384. The van der Waals surface area contributed by atoms with Gasteiger partial charge in [-0.3, -0.25) is 0 Å². The van der Waals surface area contributed by atoms with Gasteiger partial charge in [-0.15, -0.1) is 11.3 Å². The van der Waals surface area contributed by atoms with Gasteiger partial charge < -0.3 is 15.2 Å². The minimum Gasteiger partial charge on any atom is -0.444 e. The molecule has 0 radical (unpaired) electrons. The Hall–Kier alpha value is -2.70. The lowest BCUT2D eigenvalue weighted by Gasteiger charge is -2.33. The number of aliphatic hydroxyl groups is 1. The van der Waals surface area contributed by atoms with E-state index in [0.29, 0.717) is 19.3 Å². The predicted molar refractivity (Wildman–Crippen MR) is 143 cm³/mol. The molecule has 2 N–H and O–H groups in total. The number of carbonyl (C=O) groups is 1. The van der Waals surface area contributed by atoms with E-state index in [9.17, 15) is 9.90 Å². The number of thiazole rings is 1. The van der Waals surface area contributed by atoms with E-state index in [1.165, 1.54) is 4.88 Å². The van der Waals surface area contributed by atoms with Gasteiger partial charge in [0.1, 0.15) is 5.60 Å². The van der Waals surface area contributed by atoms with Gasteiger partial charge in [-0.1, -0.05) is 74.0 Å². The molecule has 3 atom stereocenters. The Bertz CT molecular complexity index is 1030. The van der Waals surface area contributed by atoms with Crippen molar-refractivity contribution < 1.29 is 14.6 Å². The molecule has 3 rings (SSSR count). The van der Waals surface area contributed by atoms with Gasteiger partial charge in [0.25, 0.3) is 0 Å². The van der Waals surface area contributed by atoms with E-state index >= 15 is 0 Å². The Kier molecular flexibility index (Phi) is 9.87. The Morgan fingerprint density at radius 1 is 1.06 bits per heavy atom. The Labute approximate surface area is 213 Å². The minimum absolute atomic E-state index is 0.131. The number of ether oxygens (including phenoxy) is 1. The van der Waals surface area contributed by atoms with Crippen molar-refractivity contribution in [2.24, 2.45) is 0 Å². The minimum atomic E-state index is -0.769. The van der Waals surface area contributed by atoms with Gasteiger partial charge in [0.05, 0.1) is 17.2 Å². The molecule has 0 bridgehead atoms. The van der Waals surface area contributed by atoms with Crippen LogP contribution in [0.4, 0.5) is 4.79 Å². The number of nitrogens with zero attached hydrogens (tertiary/aromatic N) is 1. The Balaban J connectivity index is 1.86. The molecule has 2 aromatic carbocycles. The number of hydrogen-bond donors (Lipinski definition) is 2. The molecule has 6 heteroatoms. The second-order valence-corrected chi connectivity index (χ2v) is 11.2. The maximum absolute atomic E-state index is 12.9. The monoisotopic (exact) mass is 494 g/mol.